The first-order valence-electron chi connectivity index (χ1n) is 11.7. The van der Waals surface area contributed by atoms with Crippen LogP contribution in [0, 0.1) is 0 Å². The second-order valence-electron chi connectivity index (χ2n) is 7.91. The second-order valence-corrected chi connectivity index (χ2v) is 8.44. The summed E-state index contributed by atoms with van der Waals surface area (Å²) in [6, 6.07) is 0. The van der Waals surface area contributed by atoms with Crippen molar-refractivity contribution in [2.45, 2.75) is 141 Å². The molecule has 0 rings (SSSR count). The van der Waals surface area contributed by atoms with E-state index < -0.39 is 5.44 Å². The Morgan fingerprint density at radius 1 is 0.615 bits per heavy atom. The molecule has 0 saturated heterocycles. The molecule has 0 aromatic carbocycles. The molecule has 0 bridgehead atoms. The third kappa shape index (κ3) is 19.0. The molecule has 0 amide bonds. The molecule has 26 heavy (non-hydrogen) atoms. The Labute approximate surface area is 170 Å². The molecule has 2 unspecified atom stereocenters. The van der Waals surface area contributed by atoms with Gasteiger partial charge >= 0.3 is 0 Å². The van der Waals surface area contributed by atoms with Crippen molar-refractivity contribution in [3.05, 3.63) is 0 Å². The van der Waals surface area contributed by atoms with E-state index in [9.17, 15) is 5.11 Å². The van der Waals surface area contributed by atoms with Gasteiger partial charge in [0.1, 0.15) is 5.44 Å². The molecule has 1 N–H and O–H groups in total. The summed E-state index contributed by atoms with van der Waals surface area (Å²) < 4.78 is 5.89. The minimum absolute atomic E-state index is 0.0903. The fraction of sp³-hybridized carbons (Fsp3) is 1.00. The SMILES string of the molecule is CCCCCCCCCCCC(OCCCCCCCCCC)C(O)S. The fourth-order valence-corrected chi connectivity index (χ4v) is 3.68. The minimum atomic E-state index is -0.641. The molecule has 158 valence electrons. The Hall–Kier alpha value is 0.270. The summed E-state index contributed by atoms with van der Waals surface area (Å²) in [5, 5.41) is 9.80. The lowest BCUT2D eigenvalue weighted by Crippen LogP contribution is -2.25. The van der Waals surface area contributed by atoms with E-state index >= 15 is 0 Å². The van der Waals surface area contributed by atoms with Crippen molar-refractivity contribution in [1.82, 2.24) is 0 Å². The van der Waals surface area contributed by atoms with Gasteiger partial charge in [0.25, 0.3) is 0 Å². The van der Waals surface area contributed by atoms with E-state index in [2.05, 4.69) is 26.5 Å². The molecule has 2 nitrogen and oxygen atoms in total. The van der Waals surface area contributed by atoms with Crippen LogP contribution >= 0.6 is 12.6 Å². The van der Waals surface area contributed by atoms with Crippen molar-refractivity contribution >= 4 is 12.6 Å². The second kappa shape index (κ2) is 21.6. The molecule has 3 heteroatoms. The van der Waals surface area contributed by atoms with Gasteiger partial charge in [-0.15, -0.1) is 12.6 Å². The van der Waals surface area contributed by atoms with Gasteiger partial charge in [-0.25, -0.2) is 0 Å². The molecule has 0 radical (unpaired) electrons. The van der Waals surface area contributed by atoms with E-state index in [1.165, 1.54) is 96.3 Å². The molecule has 0 saturated carbocycles. The van der Waals surface area contributed by atoms with Gasteiger partial charge < -0.3 is 9.84 Å². The molecule has 0 aliphatic carbocycles. The monoisotopic (exact) mass is 388 g/mol. The van der Waals surface area contributed by atoms with Crippen molar-refractivity contribution in [3.63, 3.8) is 0 Å². The van der Waals surface area contributed by atoms with Crippen molar-refractivity contribution in [1.29, 1.82) is 0 Å². The molecule has 0 aromatic rings. The summed E-state index contributed by atoms with van der Waals surface area (Å²) in [4.78, 5) is 0. The highest BCUT2D eigenvalue weighted by Gasteiger charge is 2.15. The van der Waals surface area contributed by atoms with Gasteiger partial charge in [0.2, 0.25) is 0 Å². The first kappa shape index (κ1) is 26.3. The molecule has 0 aliphatic rings. The first-order valence-corrected chi connectivity index (χ1v) is 12.2. The Kier molecular flexibility index (Phi) is 21.8. The zero-order chi connectivity index (χ0) is 19.3. The minimum Gasteiger partial charge on any atom is -0.380 e. The van der Waals surface area contributed by atoms with Crippen molar-refractivity contribution in [2.24, 2.45) is 0 Å². The molecular weight excluding hydrogens is 340 g/mol. The van der Waals surface area contributed by atoms with Crippen LogP contribution in [0.25, 0.3) is 0 Å². The zero-order valence-electron chi connectivity index (χ0n) is 17.9. The van der Waals surface area contributed by atoms with Crippen LogP contribution in [0.1, 0.15) is 129 Å². The van der Waals surface area contributed by atoms with Crippen LogP contribution in [0.3, 0.4) is 0 Å². The smallest absolute Gasteiger partial charge is 0.123 e. The van der Waals surface area contributed by atoms with Crippen molar-refractivity contribution in [3.8, 4) is 0 Å². The number of ether oxygens (including phenoxy) is 1. The largest absolute Gasteiger partial charge is 0.380 e. The van der Waals surface area contributed by atoms with E-state index in [0.29, 0.717) is 0 Å². The molecular formula is C23H48O2S. The Bertz CT molecular complexity index is 237. The van der Waals surface area contributed by atoms with Crippen LogP contribution in [0.15, 0.2) is 0 Å². The van der Waals surface area contributed by atoms with Gasteiger partial charge in [-0.05, 0) is 12.8 Å². The van der Waals surface area contributed by atoms with E-state index in [1.807, 2.05) is 0 Å². The van der Waals surface area contributed by atoms with E-state index in [1.54, 1.807) is 0 Å². The summed E-state index contributed by atoms with van der Waals surface area (Å²) in [6.07, 6.45) is 23.3. The number of aliphatic hydroxyl groups excluding tert-OH is 1. The van der Waals surface area contributed by atoms with Crippen LogP contribution in [0.2, 0.25) is 0 Å². The fourth-order valence-electron chi connectivity index (χ4n) is 3.45. The standard InChI is InChI=1S/C23H48O2S/c1-3-5-7-9-11-13-14-16-18-20-22(23(24)26)25-21-19-17-15-12-10-8-6-4-2/h22-24,26H,3-21H2,1-2H3. The number of unbranched alkanes of at least 4 members (excludes halogenated alkanes) is 15. The van der Waals surface area contributed by atoms with Crippen LogP contribution < -0.4 is 0 Å². The molecule has 0 fully saturated rings. The van der Waals surface area contributed by atoms with Crippen LogP contribution in [0.5, 0.6) is 0 Å². The van der Waals surface area contributed by atoms with Gasteiger partial charge in [0.05, 0.1) is 6.10 Å². The third-order valence-electron chi connectivity index (χ3n) is 5.25. The molecule has 0 spiro atoms. The Morgan fingerprint density at radius 3 is 1.42 bits per heavy atom. The van der Waals surface area contributed by atoms with Gasteiger partial charge in [-0.2, -0.15) is 0 Å². The quantitative estimate of drug-likeness (QED) is 0.120. The number of hydrogen-bond donors (Lipinski definition) is 2. The highest BCUT2D eigenvalue weighted by Crippen LogP contribution is 2.16. The van der Waals surface area contributed by atoms with Gasteiger partial charge in [-0.3, -0.25) is 0 Å². The maximum atomic E-state index is 9.80. The summed E-state index contributed by atoms with van der Waals surface area (Å²) >= 11 is 4.21. The highest BCUT2D eigenvalue weighted by molar-refractivity contribution is 7.80. The van der Waals surface area contributed by atoms with Gasteiger partial charge in [0.15, 0.2) is 0 Å². The maximum absolute atomic E-state index is 9.80. The first-order chi connectivity index (χ1) is 12.7. The van der Waals surface area contributed by atoms with E-state index in [-0.39, 0.29) is 6.10 Å². The van der Waals surface area contributed by atoms with E-state index in [4.69, 9.17) is 4.74 Å². The number of hydrogen-bond acceptors (Lipinski definition) is 3. The molecule has 0 aliphatic heterocycles. The Morgan fingerprint density at radius 2 is 1.00 bits per heavy atom. The average Bonchev–Trinajstić information content (AvgIpc) is 2.63. The van der Waals surface area contributed by atoms with Gasteiger partial charge in [-0.1, -0.05) is 117 Å². The lowest BCUT2D eigenvalue weighted by atomic mass is 10.1. The highest BCUT2D eigenvalue weighted by atomic mass is 32.1. The summed E-state index contributed by atoms with van der Waals surface area (Å²) in [5.41, 5.74) is -0.641. The van der Waals surface area contributed by atoms with Crippen molar-refractivity contribution < 1.29 is 9.84 Å². The normalized spacial score (nSPS) is 13.8. The van der Waals surface area contributed by atoms with E-state index in [0.717, 1.165) is 25.9 Å². The molecule has 0 aromatic heterocycles. The summed E-state index contributed by atoms with van der Waals surface area (Å²) in [7, 11) is 0. The predicted octanol–water partition coefficient (Wildman–Crippen LogP) is 7.68. The van der Waals surface area contributed by atoms with Crippen LogP contribution in [-0.4, -0.2) is 23.3 Å². The summed E-state index contributed by atoms with van der Waals surface area (Å²) in [6.45, 7) is 5.30. The zero-order valence-corrected chi connectivity index (χ0v) is 18.8. The third-order valence-corrected chi connectivity index (χ3v) is 5.59. The molecule has 2 atom stereocenters. The van der Waals surface area contributed by atoms with Crippen molar-refractivity contribution in [2.75, 3.05) is 6.61 Å². The van der Waals surface area contributed by atoms with Gasteiger partial charge in [0, 0.05) is 6.61 Å². The number of thiol groups is 1. The topological polar surface area (TPSA) is 29.5 Å². The number of rotatable bonds is 21. The lowest BCUT2D eigenvalue weighted by molar-refractivity contribution is -0.00796. The van der Waals surface area contributed by atoms with Crippen LogP contribution in [-0.2, 0) is 4.74 Å². The number of aliphatic hydroxyl groups is 1. The maximum Gasteiger partial charge on any atom is 0.123 e. The summed E-state index contributed by atoms with van der Waals surface area (Å²) in [5.74, 6) is 0. The van der Waals surface area contributed by atoms with Crippen LogP contribution in [0.4, 0.5) is 0 Å². The Balaban J connectivity index is 3.45. The average molecular weight is 389 g/mol. The molecule has 0 heterocycles. The lowest BCUT2D eigenvalue weighted by Gasteiger charge is -2.20. The predicted molar refractivity (Wildman–Crippen MR) is 119 cm³/mol.